The molecule has 0 bridgehead atoms. The molecule has 0 saturated heterocycles. The Balaban J connectivity index is 1.18. The summed E-state index contributed by atoms with van der Waals surface area (Å²) in [4.78, 5) is 29.4. The number of anilines is 2. The van der Waals surface area contributed by atoms with Gasteiger partial charge in [0.2, 0.25) is 5.95 Å². The average Bonchev–Trinajstić information content (AvgIpc) is 3.65. The van der Waals surface area contributed by atoms with Crippen LogP contribution in [0.4, 0.5) is 16.6 Å². The second-order valence-corrected chi connectivity index (χ2v) is 11.3. The van der Waals surface area contributed by atoms with Crippen LogP contribution in [0, 0.1) is 25.2 Å². The Bertz CT molecular complexity index is 1790. The first-order chi connectivity index (χ1) is 21.9. The fourth-order valence-electron chi connectivity index (χ4n) is 5.87. The number of pyridine rings is 1. The maximum absolute atomic E-state index is 13.7. The number of nitrogens with one attached hydrogen (secondary N) is 3. The summed E-state index contributed by atoms with van der Waals surface area (Å²) in [5, 5.41) is 27.7. The molecular weight excluding hydrogens is 566 g/mol. The summed E-state index contributed by atoms with van der Waals surface area (Å²) in [6, 6.07) is 15.9. The number of aromatic amines is 1. The Hall–Kier alpha value is -5.57. The van der Waals surface area contributed by atoms with Crippen LogP contribution >= 0.6 is 0 Å². The quantitative estimate of drug-likeness (QED) is 0.217. The number of amides is 2. The number of carbonyl (C=O) groups excluding carboxylic acids is 1. The zero-order valence-corrected chi connectivity index (χ0v) is 25.5. The molecule has 228 valence electrons. The van der Waals surface area contributed by atoms with Gasteiger partial charge in [-0.25, -0.2) is 19.7 Å². The molecule has 0 radical (unpaired) electrons. The van der Waals surface area contributed by atoms with E-state index in [9.17, 15) is 10.1 Å². The Morgan fingerprint density at radius 1 is 1.04 bits per heavy atom. The molecule has 45 heavy (non-hydrogen) atoms. The molecule has 12 heteroatoms. The van der Waals surface area contributed by atoms with Crippen molar-refractivity contribution in [1.29, 1.82) is 5.26 Å². The molecule has 1 aliphatic rings. The third-order valence-electron chi connectivity index (χ3n) is 8.21. The lowest BCUT2D eigenvalue weighted by atomic mass is 9.90. The van der Waals surface area contributed by atoms with Crippen molar-refractivity contribution in [3.63, 3.8) is 0 Å². The van der Waals surface area contributed by atoms with Gasteiger partial charge in [0.1, 0.15) is 11.9 Å². The number of benzene rings is 1. The van der Waals surface area contributed by atoms with Gasteiger partial charge in [-0.15, -0.1) is 0 Å². The van der Waals surface area contributed by atoms with E-state index in [2.05, 4.69) is 37.0 Å². The fraction of sp³-hybridized carbons (Fsp3) is 0.303. The monoisotopic (exact) mass is 601 g/mol. The van der Waals surface area contributed by atoms with Crippen LogP contribution in [0.1, 0.15) is 48.2 Å². The van der Waals surface area contributed by atoms with Crippen LogP contribution in [0.3, 0.4) is 0 Å². The molecule has 0 unspecified atom stereocenters. The zero-order chi connectivity index (χ0) is 31.3. The third kappa shape index (κ3) is 6.52. The Kier molecular flexibility index (Phi) is 8.50. The molecule has 1 aliphatic carbocycles. The standard InChI is InChI=1S/C33H35N11O/c1-21-30(22(2)42-41-21)31-25(15-34)18-36-32(40-31)39-27-10-12-28(13-11-27)44(33(45)37-16-23-7-5-4-6-8-23)29-14-9-24(17-35-29)26-19-38-43(3)20-26/h4-9,14,17-20,27-28H,10-13,16H2,1-3H3,(H,37,45)(H,41,42)(H,36,39,40)/t27-,28-. The molecule has 0 atom stereocenters. The van der Waals surface area contributed by atoms with Crippen LogP contribution in [0.5, 0.6) is 0 Å². The lowest BCUT2D eigenvalue weighted by Crippen LogP contribution is -2.49. The van der Waals surface area contributed by atoms with E-state index in [-0.39, 0.29) is 18.1 Å². The lowest BCUT2D eigenvalue weighted by Gasteiger charge is -2.36. The van der Waals surface area contributed by atoms with Crippen molar-refractivity contribution in [3.05, 3.63) is 89.8 Å². The normalized spacial score (nSPS) is 16.1. The molecule has 4 aromatic heterocycles. The molecular formula is C33H35N11O. The number of aromatic nitrogens is 7. The summed E-state index contributed by atoms with van der Waals surface area (Å²) < 4.78 is 1.75. The third-order valence-corrected chi connectivity index (χ3v) is 8.21. The van der Waals surface area contributed by atoms with Gasteiger partial charge in [0.05, 0.1) is 29.3 Å². The summed E-state index contributed by atoms with van der Waals surface area (Å²) in [5.41, 5.74) is 6.34. The molecule has 1 aromatic carbocycles. The van der Waals surface area contributed by atoms with Gasteiger partial charge >= 0.3 is 6.03 Å². The summed E-state index contributed by atoms with van der Waals surface area (Å²) in [7, 11) is 1.88. The number of nitriles is 1. The largest absolute Gasteiger partial charge is 0.351 e. The molecule has 1 saturated carbocycles. The maximum atomic E-state index is 13.7. The van der Waals surface area contributed by atoms with Gasteiger partial charge in [0, 0.05) is 60.5 Å². The minimum Gasteiger partial charge on any atom is -0.351 e. The van der Waals surface area contributed by atoms with Gasteiger partial charge in [-0.05, 0) is 57.2 Å². The fourth-order valence-corrected chi connectivity index (χ4v) is 5.87. The van der Waals surface area contributed by atoms with E-state index < -0.39 is 0 Å². The van der Waals surface area contributed by atoms with Gasteiger partial charge in [-0.1, -0.05) is 30.3 Å². The molecule has 0 spiro atoms. The van der Waals surface area contributed by atoms with Gasteiger partial charge in [-0.3, -0.25) is 14.7 Å². The van der Waals surface area contributed by atoms with E-state index in [4.69, 9.17) is 9.97 Å². The zero-order valence-electron chi connectivity index (χ0n) is 25.5. The van der Waals surface area contributed by atoms with E-state index in [1.165, 1.54) is 0 Å². The van der Waals surface area contributed by atoms with Crippen molar-refractivity contribution in [2.24, 2.45) is 7.05 Å². The van der Waals surface area contributed by atoms with Gasteiger partial charge < -0.3 is 10.6 Å². The topological polar surface area (TPSA) is 153 Å². The van der Waals surface area contributed by atoms with Gasteiger partial charge in [0.25, 0.3) is 0 Å². The Morgan fingerprint density at radius 2 is 1.84 bits per heavy atom. The van der Waals surface area contributed by atoms with E-state index in [0.717, 1.165) is 59.3 Å². The van der Waals surface area contributed by atoms with E-state index in [0.29, 0.717) is 29.6 Å². The van der Waals surface area contributed by atoms with Crippen LogP contribution in [-0.4, -0.2) is 53.0 Å². The highest BCUT2D eigenvalue weighted by atomic mass is 16.2. The number of urea groups is 1. The van der Waals surface area contributed by atoms with Crippen molar-refractivity contribution in [2.45, 2.75) is 58.2 Å². The number of nitrogens with zero attached hydrogens (tertiary/aromatic N) is 8. The first kappa shape index (κ1) is 29.5. The summed E-state index contributed by atoms with van der Waals surface area (Å²) in [5.74, 6) is 1.08. The number of rotatable bonds is 8. The number of hydrogen-bond acceptors (Lipinski definition) is 8. The predicted molar refractivity (Wildman–Crippen MR) is 171 cm³/mol. The second-order valence-electron chi connectivity index (χ2n) is 11.3. The van der Waals surface area contributed by atoms with E-state index in [1.54, 1.807) is 28.2 Å². The van der Waals surface area contributed by atoms with Gasteiger partial charge in [0.15, 0.2) is 0 Å². The molecule has 3 N–H and O–H groups in total. The van der Waals surface area contributed by atoms with Crippen molar-refractivity contribution in [3.8, 4) is 28.5 Å². The van der Waals surface area contributed by atoms with E-state index in [1.807, 2.05) is 69.6 Å². The molecule has 0 aliphatic heterocycles. The highest BCUT2D eigenvalue weighted by Gasteiger charge is 2.31. The molecule has 12 nitrogen and oxygen atoms in total. The molecule has 5 aromatic rings. The molecule has 2 amide bonds. The minimum atomic E-state index is -0.178. The van der Waals surface area contributed by atoms with Crippen molar-refractivity contribution in [1.82, 2.24) is 40.2 Å². The van der Waals surface area contributed by atoms with E-state index >= 15 is 0 Å². The van der Waals surface area contributed by atoms with Crippen LogP contribution in [-0.2, 0) is 13.6 Å². The van der Waals surface area contributed by atoms with Crippen LogP contribution in [0.2, 0.25) is 0 Å². The Labute approximate surface area is 261 Å². The van der Waals surface area contributed by atoms with Crippen LogP contribution < -0.4 is 15.5 Å². The first-order valence-corrected chi connectivity index (χ1v) is 15.0. The molecule has 6 rings (SSSR count). The Morgan fingerprint density at radius 3 is 2.49 bits per heavy atom. The molecule has 1 fully saturated rings. The number of hydrogen-bond donors (Lipinski definition) is 3. The van der Waals surface area contributed by atoms with Crippen molar-refractivity contribution >= 4 is 17.8 Å². The summed E-state index contributed by atoms with van der Waals surface area (Å²) in [6.45, 7) is 4.23. The highest BCUT2D eigenvalue weighted by Crippen LogP contribution is 2.31. The average molecular weight is 602 g/mol. The summed E-state index contributed by atoms with van der Waals surface area (Å²) in [6.07, 6.45) is 10.2. The first-order valence-electron chi connectivity index (χ1n) is 15.0. The summed E-state index contributed by atoms with van der Waals surface area (Å²) >= 11 is 0. The predicted octanol–water partition coefficient (Wildman–Crippen LogP) is 5.29. The van der Waals surface area contributed by atoms with Crippen molar-refractivity contribution < 1.29 is 4.79 Å². The number of carbonyl (C=O) groups is 1. The van der Waals surface area contributed by atoms with Crippen LogP contribution in [0.15, 0.2) is 67.3 Å². The molecule has 4 heterocycles. The van der Waals surface area contributed by atoms with Crippen molar-refractivity contribution in [2.75, 3.05) is 10.2 Å². The minimum absolute atomic E-state index is 0.0377. The van der Waals surface area contributed by atoms with Crippen LogP contribution in [0.25, 0.3) is 22.4 Å². The number of H-pyrrole nitrogens is 1. The lowest BCUT2D eigenvalue weighted by molar-refractivity contribution is 0.240. The smallest absolute Gasteiger partial charge is 0.323 e. The number of aryl methyl sites for hydroxylation is 3. The maximum Gasteiger partial charge on any atom is 0.323 e. The second kappa shape index (κ2) is 13.0. The van der Waals surface area contributed by atoms with Gasteiger partial charge in [-0.2, -0.15) is 15.5 Å². The highest BCUT2D eigenvalue weighted by molar-refractivity contribution is 5.91. The SMILES string of the molecule is Cc1n[nH]c(C)c1-c1nc(N[C@H]2CC[C@H](N(C(=O)NCc3ccccc3)c3ccc(-c4cnn(C)c4)cn3)CC2)ncc1C#N.